The van der Waals surface area contributed by atoms with Gasteiger partial charge in [0.15, 0.2) is 5.65 Å². The van der Waals surface area contributed by atoms with E-state index in [0.29, 0.717) is 30.7 Å². The molecule has 2 aliphatic heterocycles. The summed E-state index contributed by atoms with van der Waals surface area (Å²) in [7, 11) is 1.68. The van der Waals surface area contributed by atoms with Crippen LogP contribution >= 0.6 is 0 Å². The standard InChI is InChI=1S/C24H29N5O3/c1-16(30)27-12-10-20-19(15-27)24(31)29-23(25-20)13-21(26-29)22-5-3-4-11-28(22)14-17-6-8-18(32-2)9-7-17/h6-9,13,22,26H,3-5,10-12,14-15H2,1-2H3/t22-/m0/s1. The number of ether oxygens (including phenoxy) is 1. The van der Waals surface area contributed by atoms with Gasteiger partial charge in [-0.2, -0.15) is 0 Å². The third kappa shape index (κ3) is 3.79. The fraction of sp³-hybridized carbons (Fsp3) is 0.458. The molecule has 0 unspecified atom stereocenters. The van der Waals surface area contributed by atoms with E-state index in [-0.39, 0.29) is 17.5 Å². The number of likely N-dealkylation sites (tertiary alicyclic amines) is 1. The topological polar surface area (TPSA) is 82.9 Å². The lowest BCUT2D eigenvalue weighted by Gasteiger charge is -2.35. The van der Waals surface area contributed by atoms with E-state index in [9.17, 15) is 9.59 Å². The van der Waals surface area contributed by atoms with E-state index in [1.54, 1.807) is 23.4 Å². The number of methoxy groups -OCH3 is 1. The fourth-order valence-corrected chi connectivity index (χ4v) is 4.94. The van der Waals surface area contributed by atoms with Gasteiger partial charge >= 0.3 is 0 Å². The van der Waals surface area contributed by atoms with Gasteiger partial charge in [0.05, 0.1) is 36.6 Å². The highest BCUT2D eigenvalue weighted by molar-refractivity contribution is 5.73. The molecule has 1 fully saturated rings. The van der Waals surface area contributed by atoms with Gasteiger partial charge in [-0.3, -0.25) is 19.6 Å². The van der Waals surface area contributed by atoms with Crippen LogP contribution in [0.2, 0.25) is 0 Å². The molecule has 2 aromatic heterocycles. The number of H-pyrrole nitrogens is 1. The first-order valence-corrected chi connectivity index (χ1v) is 11.3. The summed E-state index contributed by atoms with van der Waals surface area (Å²) in [5.41, 5.74) is 4.26. The van der Waals surface area contributed by atoms with Gasteiger partial charge in [0, 0.05) is 32.5 Å². The molecule has 2 aliphatic rings. The number of amides is 1. The minimum atomic E-state index is -0.0975. The normalized spacial score (nSPS) is 19.2. The molecule has 0 spiro atoms. The van der Waals surface area contributed by atoms with Crippen LogP contribution < -0.4 is 10.3 Å². The maximum absolute atomic E-state index is 13.2. The van der Waals surface area contributed by atoms with Gasteiger partial charge < -0.3 is 9.64 Å². The van der Waals surface area contributed by atoms with E-state index in [1.807, 2.05) is 18.2 Å². The van der Waals surface area contributed by atoms with Gasteiger partial charge in [0.1, 0.15) is 5.75 Å². The minimum absolute atomic E-state index is 0.0105. The minimum Gasteiger partial charge on any atom is -0.497 e. The zero-order chi connectivity index (χ0) is 22.2. The molecular formula is C24H29N5O3. The first-order chi connectivity index (χ1) is 15.5. The van der Waals surface area contributed by atoms with Crippen molar-refractivity contribution in [3.63, 3.8) is 0 Å². The molecule has 0 saturated carbocycles. The fourth-order valence-electron chi connectivity index (χ4n) is 4.94. The Hall–Kier alpha value is -3.13. The van der Waals surface area contributed by atoms with Gasteiger partial charge in [-0.25, -0.2) is 9.50 Å². The molecule has 8 heteroatoms. The summed E-state index contributed by atoms with van der Waals surface area (Å²) in [5.74, 6) is 0.848. The summed E-state index contributed by atoms with van der Waals surface area (Å²) in [6, 6.07) is 10.4. The van der Waals surface area contributed by atoms with Crippen LogP contribution in [0.5, 0.6) is 5.75 Å². The van der Waals surface area contributed by atoms with Crippen LogP contribution in [-0.2, 0) is 24.3 Å². The maximum Gasteiger partial charge on any atom is 0.277 e. The van der Waals surface area contributed by atoms with Crippen LogP contribution in [0.3, 0.4) is 0 Å². The third-order valence-corrected chi connectivity index (χ3v) is 6.74. The number of carbonyl (C=O) groups is 1. The molecule has 1 aromatic carbocycles. The van der Waals surface area contributed by atoms with Gasteiger partial charge in [-0.15, -0.1) is 0 Å². The smallest absolute Gasteiger partial charge is 0.277 e. The highest BCUT2D eigenvalue weighted by Gasteiger charge is 2.28. The average molecular weight is 436 g/mol. The number of hydrogen-bond donors (Lipinski definition) is 1. The van der Waals surface area contributed by atoms with Crippen molar-refractivity contribution in [1.29, 1.82) is 0 Å². The number of nitrogens with zero attached hydrogens (tertiary/aromatic N) is 4. The molecule has 1 saturated heterocycles. The second-order valence-corrected chi connectivity index (χ2v) is 8.77. The van der Waals surface area contributed by atoms with Crippen molar-refractivity contribution < 1.29 is 9.53 Å². The molecule has 4 heterocycles. The number of carbonyl (C=O) groups excluding carboxylic acids is 1. The van der Waals surface area contributed by atoms with Gasteiger partial charge in [0.25, 0.3) is 5.56 Å². The Morgan fingerprint density at radius 3 is 2.78 bits per heavy atom. The van der Waals surface area contributed by atoms with E-state index >= 15 is 0 Å². The second-order valence-electron chi connectivity index (χ2n) is 8.77. The van der Waals surface area contributed by atoms with Crippen LogP contribution in [0.25, 0.3) is 5.65 Å². The lowest BCUT2D eigenvalue weighted by atomic mass is 9.98. The molecule has 5 rings (SSSR count). The number of piperidine rings is 1. The Morgan fingerprint density at radius 1 is 1.22 bits per heavy atom. The monoisotopic (exact) mass is 435 g/mol. The maximum atomic E-state index is 13.2. The molecule has 0 radical (unpaired) electrons. The molecule has 1 atom stereocenters. The summed E-state index contributed by atoms with van der Waals surface area (Å²) in [6.45, 7) is 4.35. The van der Waals surface area contributed by atoms with E-state index in [0.717, 1.165) is 43.1 Å². The predicted octanol–water partition coefficient (Wildman–Crippen LogP) is 2.66. The van der Waals surface area contributed by atoms with Crippen molar-refractivity contribution in [1.82, 2.24) is 24.4 Å². The SMILES string of the molecule is COc1ccc(CN2CCCC[C@H]2c2cc3nc4c(c(=O)n3[nH]2)CN(C(C)=O)CC4)cc1. The molecule has 8 nitrogen and oxygen atoms in total. The number of rotatable bonds is 4. The van der Waals surface area contributed by atoms with Crippen molar-refractivity contribution in [2.24, 2.45) is 0 Å². The van der Waals surface area contributed by atoms with Crippen molar-refractivity contribution >= 4 is 11.6 Å². The highest BCUT2D eigenvalue weighted by Crippen LogP contribution is 2.32. The van der Waals surface area contributed by atoms with E-state index in [4.69, 9.17) is 9.72 Å². The zero-order valence-corrected chi connectivity index (χ0v) is 18.6. The molecule has 0 aliphatic carbocycles. The Morgan fingerprint density at radius 2 is 2.03 bits per heavy atom. The van der Waals surface area contributed by atoms with Crippen LogP contribution in [0.1, 0.15) is 54.7 Å². The Bertz CT molecular complexity index is 1200. The van der Waals surface area contributed by atoms with Gasteiger partial charge in [0.2, 0.25) is 5.91 Å². The Balaban J connectivity index is 1.45. The summed E-state index contributed by atoms with van der Waals surface area (Å²) < 4.78 is 6.83. The number of nitrogens with one attached hydrogen (secondary N) is 1. The first kappa shape index (κ1) is 20.8. The third-order valence-electron chi connectivity index (χ3n) is 6.74. The number of aromatic nitrogens is 3. The van der Waals surface area contributed by atoms with Gasteiger partial charge in [-0.05, 0) is 37.1 Å². The van der Waals surface area contributed by atoms with Crippen molar-refractivity contribution in [2.45, 2.75) is 51.7 Å². The van der Waals surface area contributed by atoms with E-state index in [1.165, 1.54) is 12.0 Å². The van der Waals surface area contributed by atoms with Crippen LogP contribution in [0.4, 0.5) is 0 Å². The van der Waals surface area contributed by atoms with Crippen LogP contribution in [0, 0.1) is 0 Å². The molecular weight excluding hydrogens is 406 g/mol. The second kappa shape index (κ2) is 8.43. The molecule has 1 amide bonds. The Labute approximate surface area is 186 Å². The molecule has 1 N–H and O–H groups in total. The summed E-state index contributed by atoms with van der Waals surface area (Å²) in [5, 5.41) is 3.34. The van der Waals surface area contributed by atoms with E-state index in [2.05, 4.69) is 22.1 Å². The molecule has 168 valence electrons. The van der Waals surface area contributed by atoms with Crippen LogP contribution in [-0.4, -0.2) is 50.5 Å². The number of fused-ring (bicyclic) bond motifs is 2. The Kier molecular flexibility index (Phi) is 5.46. The van der Waals surface area contributed by atoms with Crippen molar-refractivity contribution in [3.8, 4) is 5.75 Å². The number of benzene rings is 1. The van der Waals surface area contributed by atoms with E-state index < -0.39 is 0 Å². The average Bonchev–Trinajstić information content (AvgIpc) is 3.24. The van der Waals surface area contributed by atoms with Crippen molar-refractivity contribution in [2.75, 3.05) is 20.2 Å². The number of aromatic amines is 1. The molecule has 32 heavy (non-hydrogen) atoms. The first-order valence-electron chi connectivity index (χ1n) is 11.3. The molecule has 0 bridgehead atoms. The zero-order valence-electron chi connectivity index (χ0n) is 18.6. The summed E-state index contributed by atoms with van der Waals surface area (Å²) >= 11 is 0. The summed E-state index contributed by atoms with van der Waals surface area (Å²) in [6.07, 6.45) is 3.98. The summed E-state index contributed by atoms with van der Waals surface area (Å²) in [4.78, 5) is 33.9. The quantitative estimate of drug-likeness (QED) is 0.681. The van der Waals surface area contributed by atoms with Crippen molar-refractivity contribution in [3.05, 3.63) is 63.2 Å². The lowest BCUT2D eigenvalue weighted by molar-refractivity contribution is -0.129. The predicted molar refractivity (Wildman–Crippen MR) is 121 cm³/mol. The largest absolute Gasteiger partial charge is 0.497 e. The highest BCUT2D eigenvalue weighted by atomic mass is 16.5. The van der Waals surface area contributed by atoms with Crippen LogP contribution in [0.15, 0.2) is 35.1 Å². The lowest BCUT2D eigenvalue weighted by Crippen LogP contribution is -2.39. The van der Waals surface area contributed by atoms with Gasteiger partial charge in [-0.1, -0.05) is 18.6 Å². The number of hydrogen-bond acceptors (Lipinski definition) is 5. The molecule has 3 aromatic rings.